The van der Waals surface area contributed by atoms with Crippen molar-refractivity contribution in [2.24, 2.45) is 0 Å². The van der Waals surface area contributed by atoms with Gasteiger partial charge in [0.1, 0.15) is 0 Å². The van der Waals surface area contributed by atoms with Gasteiger partial charge in [0, 0.05) is 7.05 Å². The number of nitrogens with one attached hydrogen (secondary N) is 1. The lowest BCUT2D eigenvalue weighted by molar-refractivity contribution is -0.135. The van der Waals surface area contributed by atoms with E-state index in [0.29, 0.717) is 0 Å². The predicted molar refractivity (Wildman–Crippen MR) is 101 cm³/mol. The van der Waals surface area contributed by atoms with Crippen molar-refractivity contribution in [3.05, 3.63) is 65.7 Å². The second-order valence-electron chi connectivity index (χ2n) is 5.90. The highest BCUT2D eigenvalue weighted by atomic mass is 32.2. The molecule has 0 aliphatic rings. The highest BCUT2D eigenvalue weighted by molar-refractivity contribution is 7.89. The quantitative estimate of drug-likeness (QED) is 0.730. The Hall–Kier alpha value is -2.71. The van der Waals surface area contributed by atoms with Crippen molar-refractivity contribution in [2.45, 2.75) is 17.9 Å². The molecule has 27 heavy (non-hydrogen) atoms. The molecule has 0 aliphatic carbocycles. The van der Waals surface area contributed by atoms with Gasteiger partial charge in [-0.05, 0) is 37.7 Å². The number of likely N-dealkylation sites (N-methyl/N-ethyl adjacent to an activating group) is 1. The van der Waals surface area contributed by atoms with Gasteiger partial charge in [-0.1, -0.05) is 36.4 Å². The zero-order valence-corrected chi connectivity index (χ0v) is 16.2. The highest BCUT2D eigenvalue weighted by Crippen LogP contribution is 2.18. The summed E-state index contributed by atoms with van der Waals surface area (Å²) in [4.78, 5) is 25.9. The normalized spacial score (nSPS) is 12.3. The Kier molecular flexibility index (Phi) is 6.70. The lowest BCUT2D eigenvalue weighted by Crippen LogP contribution is -2.33. The number of hydrogen-bond acceptors (Lipinski definition) is 5. The molecule has 0 radical (unpaired) electrons. The van der Waals surface area contributed by atoms with E-state index < -0.39 is 22.6 Å². The van der Waals surface area contributed by atoms with Crippen molar-refractivity contribution in [1.82, 2.24) is 9.62 Å². The maximum Gasteiger partial charge on any atom is 0.338 e. The molecule has 0 heterocycles. The van der Waals surface area contributed by atoms with Crippen LogP contribution in [0.4, 0.5) is 0 Å². The van der Waals surface area contributed by atoms with E-state index >= 15 is 0 Å². The van der Waals surface area contributed by atoms with Crippen LogP contribution in [0.1, 0.15) is 28.9 Å². The maximum absolute atomic E-state index is 12.3. The van der Waals surface area contributed by atoms with Crippen LogP contribution in [0.15, 0.2) is 59.5 Å². The molecule has 0 fully saturated rings. The van der Waals surface area contributed by atoms with Gasteiger partial charge in [0.15, 0.2) is 6.61 Å². The molecule has 7 nitrogen and oxygen atoms in total. The van der Waals surface area contributed by atoms with Gasteiger partial charge in [-0.2, -0.15) is 0 Å². The Bertz CT molecular complexity index is 913. The van der Waals surface area contributed by atoms with Gasteiger partial charge >= 0.3 is 5.97 Å². The van der Waals surface area contributed by atoms with Gasteiger partial charge in [0.2, 0.25) is 10.0 Å². The summed E-state index contributed by atoms with van der Waals surface area (Å²) in [6, 6.07) is 14.7. The van der Waals surface area contributed by atoms with Crippen LogP contribution in [0.5, 0.6) is 0 Å². The standard InChI is InChI=1S/C19H22N2O5S/c1-14(15-8-5-4-6-9-15)21(3)18(22)13-26-19(23)16-10-7-11-17(12-16)27(24,25)20-2/h4-12,14,20H,13H2,1-3H3. The molecule has 0 spiro atoms. The Morgan fingerprint density at radius 1 is 1.11 bits per heavy atom. The molecule has 8 heteroatoms. The van der Waals surface area contributed by atoms with Crippen LogP contribution in [0.25, 0.3) is 0 Å². The molecule has 144 valence electrons. The number of amides is 1. The molecule has 1 N–H and O–H groups in total. The third-order valence-electron chi connectivity index (χ3n) is 4.23. The van der Waals surface area contributed by atoms with Crippen molar-refractivity contribution < 1.29 is 22.7 Å². The van der Waals surface area contributed by atoms with E-state index in [1.54, 1.807) is 7.05 Å². The summed E-state index contributed by atoms with van der Waals surface area (Å²) in [6.07, 6.45) is 0. The fraction of sp³-hybridized carbons (Fsp3) is 0.263. The fourth-order valence-electron chi connectivity index (χ4n) is 2.39. The fourth-order valence-corrected chi connectivity index (χ4v) is 3.17. The van der Waals surface area contributed by atoms with Crippen molar-refractivity contribution in [2.75, 3.05) is 20.7 Å². The molecule has 2 aromatic carbocycles. The van der Waals surface area contributed by atoms with Gasteiger partial charge in [0.25, 0.3) is 5.91 Å². The largest absolute Gasteiger partial charge is 0.452 e. The van der Waals surface area contributed by atoms with Crippen molar-refractivity contribution in [3.63, 3.8) is 0 Å². The zero-order valence-electron chi connectivity index (χ0n) is 15.4. The van der Waals surface area contributed by atoms with Gasteiger partial charge in [-0.3, -0.25) is 4.79 Å². The number of hydrogen-bond donors (Lipinski definition) is 1. The van der Waals surface area contributed by atoms with E-state index in [2.05, 4.69) is 4.72 Å². The van der Waals surface area contributed by atoms with E-state index in [1.165, 1.54) is 36.2 Å². The Morgan fingerprint density at radius 2 is 1.78 bits per heavy atom. The molecule has 0 bridgehead atoms. The van der Waals surface area contributed by atoms with Crippen molar-refractivity contribution in [3.8, 4) is 0 Å². The van der Waals surface area contributed by atoms with Crippen LogP contribution >= 0.6 is 0 Å². The van der Waals surface area contributed by atoms with Crippen LogP contribution in [0.2, 0.25) is 0 Å². The lowest BCUT2D eigenvalue weighted by Gasteiger charge is -2.25. The third kappa shape index (κ3) is 5.15. The summed E-state index contributed by atoms with van der Waals surface area (Å²) in [5, 5.41) is 0. The molecule has 1 atom stereocenters. The molecule has 1 amide bonds. The number of benzene rings is 2. The SMILES string of the molecule is CNS(=O)(=O)c1cccc(C(=O)OCC(=O)N(C)C(C)c2ccccc2)c1. The number of carbonyl (C=O) groups is 2. The second kappa shape index (κ2) is 8.79. The van der Waals surface area contributed by atoms with E-state index in [0.717, 1.165) is 5.56 Å². The Morgan fingerprint density at radius 3 is 2.41 bits per heavy atom. The summed E-state index contributed by atoms with van der Waals surface area (Å²) >= 11 is 0. The number of sulfonamides is 1. The molecule has 2 aromatic rings. The average Bonchev–Trinajstić information content (AvgIpc) is 2.71. The topological polar surface area (TPSA) is 92.8 Å². The lowest BCUT2D eigenvalue weighted by atomic mass is 10.1. The van der Waals surface area contributed by atoms with Crippen LogP contribution in [-0.2, 0) is 19.6 Å². The molecule has 0 aromatic heterocycles. The predicted octanol–water partition coefficient (Wildman–Crippen LogP) is 1.97. The Balaban J connectivity index is 2.01. The molecule has 2 rings (SSSR count). The van der Waals surface area contributed by atoms with Crippen molar-refractivity contribution in [1.29, 1.82) is 0 Å². The van der Waals surface area contributed by atoms with E-state index in [-0.39, 0.29) is 22.4 Å². The maximum atomic E-state index is 12.3. The van der Waals surface area contributed by atoms with E-state index in [9.17, 15) is 18.0 Å². The number of rotatable bonds is 7. The summed E-state index contributed by atoms with van der Waals surface area (Å²) in [7, 11) is -0.760. The first kappa shape index (κ1) is 20.6. The first-order valence-corrected chi connectivity index (χ1v) is 9.76. The summed E-state index contributed by atoms with van der Waals surface area (Å²) in [5.74, 6) is -1.13. The molecule has 0 aliphatic heterocycles. The average molecular weight is 390 g/mol. The molecule has 1 unspecified atom stereocenters. The van der Waals surface area contributed by atoms with E-state index in [1.807, 2.05) is 37.3 Å². The number of nitrogens with zero attached hydrogens (tertiary/aromatic N) is 1. The summed E-state index contributed by atoms with van der Waals surface area (Å²) < 4.78 is 30.9. The first-order valence-electron chi connectivity index (χ1n) is 8.27. The van der Waals surface area contributed by atoms with E-state index in [4.69, 9.17) is 4.74 Å². The number of ether oxygens (including phenoxy) is 1. The van der Waals surface area contributed by atoms with Crippen LogP contribution in [-0.4, -0.2) is 45.9 Å². The van der Waals surface area contributed by atoms with Crippen LogP contribution < -0.4 is 4.72 Å². The van der Waals surface area contributed by atoms with Gasteiger partial charge < -0.3 is 9.64 Å². The molecular formula is C19H22N2O5S. The minimum atomic E-state index is -3.67. The van der Waals surface area contributed by atoms with Crippen LogP contribution in [0.3, 0.4) is 0 Å². The summed E-state index contributed by atoms with van der Waals surface area (Å²) in [6.45, 7) is 1.44. The zero-order chi connectivity index (χ0) is 20.0. The summed E-state index contributed by atoms with van der Waals surface area (Å²) in [5.41, 5.74) is 1.02. The highest BCUT2D eigenvalue weighted by Gasteiger charge is 2.20. The third-order valence-corrected chi connectivity index (χ3v) is 5.64. The van der Waals surface area contributed by atoms with Gasteiger partial charge in [-0.15, -0.1) is 0 Å². The Labute approximate surface area is 159 Å². The second-order valence-corrected chi connectivity index (χ2v) is 7.79. The number of carbonyl (C=O) groups excluding carboxylic acids is 2. The monoisotopic (exact) mass is 390 g/mol. The molecule has 0 saturated heterocycles. The van der Waals surface area contributed by atoms with Crippen molar-refractivity contribution >= 4 is 21.9 Å². The molecule has 0 saturated carbocycles. The van der Waals surface area contributed by atoms with Crippen LogP contribution in [0, 0.1) is 0 Å². The number of esters is 1. The first-order chi connectivity index (χ1) is 12.8. The minimum Gasteiger partial charge on any atom is -0.452 e. The minimum absolute atomic E-state index is 0.0536. The smallest absolute Gasteiger partial charge is 0.338 e. The molecular weight excluding hydrogens is 368 g/mol. The van der Waals surface area contributed by atoms with Gasteiger partial charge in [0.05, 0.1) is 16.5 Å². The van der Waals surface area contributed by atoms with Gasteiger partial charge in [-0.25, -0.2) is 17.9 Å².